The molecule has 5 heteroatoms. The van der Waals surface area contributed by atoms with E-state index in [1.54, 1.807) is 12.1 Å². The van der Waals surface area contributed by atoms with Gasteiger partial charge in [0.15, 0.2) is 0 Å². The van der Waals surface area contributed by atoms with Gasteiger partial charge in [-0.05, 0) is 31.4 Å². The van der Waals surface area contributed by atoms with Gasteiger partial charge < -0.3 is 5.32 Å². The van der Waals surface area contributed by atoms with E-state index in [4.69, 9.17) is 0 Å². The Labute approximate surface area is 121 Å². The maximum Gasteiger partial charge on any atom is 0.269 e. The molecule has 1 rings (SSSR count). The number of hydrogen-bond acceptors (Lipinski definition) is 4. The summed E-state index contributed by atoms with van der Waals surface area (Å²) in [6.07, 6.45) is 0. The first-order chi connectivity index (χ1) is 9.35. The third-order valence-corrected chi connectivity index (χ3v) is 3.27. The molecule has 0 saturated heterocycles. The van der Waals surface area contributed by atoms with Crippen molar-refractivity contribution >= 4 is 11.4 Å². The van der Waals surface area contributed by atoms with Gasteiger partial charge in [-0.25, -0.2) is 0 Å². The van der Waals surface area contributed by atoms with Crippen LogP contribution in [0.3, 0.4) is 0 Å². The zero-order valence-electron chi connectivity index (χ0n) is 13.0. The molecule has 0 aliphatic heterocycles. The van der Waals surface area contributed by atoms with E-state index in [-0.39, 0.29) is 10.6 Å². The van der Waals surface area contributed by atoms with Crippen LogP contribution >= 0.6 is 0 Å². The van der Waals surface area contributed by atoms with Crippen molar-refractivity contribution in [1.82, 2.24) is 4.90 Å². The highest BCUT2D eigenvalue weighted by Gasteiger charge is 2.16. The summed E-state index contributed by atoms with van der Waals surface area (Å²) in [4.78, 5) is 12.9. The molecular weight excluding hydrogens is 254 g/mol. The number of nitrogens with zero attached hydrogens (tertiary/aromatic N) is 2. The summed E-state index contributed by atoms with van der Waals surface area (Å²) in [5.41, 5.74) is 2.06. The molecule has 0 aliphatic carbocycles. The van der Waals surface area contributed by atoms with E-state index in [0.717, 1.165) is 17.8 Å². The third-order valence-electron chi connectivity index (χ3n) is 3.27. The van der Waals surface area contributed by atoms with Crippen LogP contribution in [0.25, 0.3) is 0 Å². The molecule has 0 saturated carbocycles. The van der Waals surface area contributed by atoms with Crippen LogP contribution in [0.1, 0.15) is 33.3 Å². The molecule has 1 aromatic rings. The quantitative estimate of drug-likeness (QED) is 0.613. The number of rotatable bonds is 7. The van der Waals surface area contributed by atoms with Crippen molar-refractivity contribution in [2.45, 2.75) is 40.3 Å². The van der Waals surface area contributed by atoms with Crippen molar-refractivity contribution in [3.8, 4) is 0 Å². The fourth-order valence-corrected chi connectivity index (χ4v) is 2.21. The molecule has 0 atom stereocenters. The number of non-ortho nitro benzene ring substituents is 1. The number of hydrogen-bond donors (Lipinski definition) is 1. The number of nitro groups is 1. The van der Waals surface area contributed by atoms with Crippen molar-refractivity contribution in [3.63, 3.8) is 0 Å². The van der Waals surface area contributed by atoms with Crippen LogP contribution in [0.15, 0.2) is 18.2 Å². The molecule has 0 bridgehead atoms. The Kier molecular flexibility index (Phi) is 5.95. The van der Waals surface area contributed by atoms with Crippen LogP contribution in [0, 0.1) is 16.0 Å². The molecule has 20 heavy (non-hydrogen) atoms. The molecule has 0 aromatic heterocycles. The van der Waals surface area contributed by atoms with E-state index in [1.807, 2.05) is 7.05 Å². The van der Waals surface area contributed by atoms with Gasteiger partial charge in [-0.1, -0.05) is 13.8 Å². The summed E-state index contributed by atoms with van der Waals surface area (Å²) < 4.78 is 0. The van der Waals surface area contributed by atoms with Gasteiger partial charge in [-0.3, -0.25) is 15.0 Å². The standard InChI is InChI=1S/C15H25N3O2/c1-11(2)9-17(12(3)4)10-13-8-14(18(19)20)6-7-15(13)16-5/h6-8,11-12,16H,9-10H2,1-5H3. The Hall–Kier alpha value is -1.62. The lowest BCUT2D eigenvalue weighted by atomic mass is 10.1. The van der Waals surface area contributed by atoms with Gasteiger partial charge in [0, 0.05) is 44.0 Å². The van der Waals surface area contributed by atoms with E-state index in [2.05, 4.69) is 37.9 Å². The fraction of sp³-hybridized carbons (Fsp3) is 0.600. The smallest absolute Gasteiger partial charge is 0.269 e. The average Bonchev–Trinajstić information content (AvgIpc) is 2.37. The summed E-state index contributed by atoms with van der Waals surface area (Å²) in [6.45, 7) is 10.4. The van der Waals surface area contributed by atoms with E-state index < -0.39 is 0 Å². The van der Waals surface area contributed by atoms with Crippen molar-refractivity contribution in [3.05, 3.63) is 33.9 Å². The highest BCUT2D eigenvalue weighted by molar-refractivity contribution is 5.55. The minimum Gasteiger partial charge on any atom is -0.388 e. The molecule has 0 unspecified atom stereocenters. The second-order valence-electron chi connectivity index (χ2n) is 5.77. The highest BCUT2D eigenvalue weighted by Crippen LogP contribution is 2.24. The zero-order chi connectivity index (χ0) is 15.3. The molecule has 0 aliphatic rings. The van der Waals surface area contributed by atoms with Crippen LogP contribution < -0.4 is 5.32 Å². The van der Waals surface area contributed by atoms with Crippen molar-refractivity contribution in [2.24, 2.45) is 5.92 Å². The normalized spacial score (nSPS) is 11.4. The van der Waals surface area contributed by atoms with Gasteiger partial charge in [-0.2, -0.15) is 0 Å². The van der Waals surface area contributed by atoms with E-state index in [1.165, 1.54) is 6.07 Å². The Morgan fingerprint density at radius 2 is 1.95 bits per heavy atom. The van der Waals surface area contributed by atoms with E-state index in [9.17, 15) is 10.1 Å². The molecule has 1 N–H and O–H groups in total. The zero-order valence-corrected chi connectivity index (χ0v) is 13.0. The minimum absolute atomic E-state index is 0.146. The number of nitrogens with one attached hydrogen (secondary N) is 1. The van der Waals surface area contributed by atoms with Crippen LogP contribution in [0.5, 0.6) is 0 Å². The summed E-state index contributed by atoms with van der Waals surface area (Å²) in [6, 6.07) is 5.39. The number of nitro benzene ring substituents is 1. The third kappa shape index (κ3) is 4.49. The van der Waals surface area contributed by atoms with Crippen LogP contribution in [-0.2, 0) is 6.54 Å². The molecular formula is C15H25N3O2. The minimum atomic E-state index is -0.342. The van der Waals surface area contributed by atoms with Crippen molar-refractivity contribution < 1.29 is 4.92 Å². The Balaban J connectivity index is 3.03. The molecule has 0 amide bonds. The first-order valence-electron chi connectivity index (χ1n) is 7.04. The highest BCUT2D eigenvalue weighted by atomic mass is 16.6. The second-order valence-corrected chi connectivity index (χ2v) is 5.77. The van der Waals surface area contributed by atoms with Crippen LogP contribution in [0.2, 0.25) is 0 Å². The topological polar surface area (TPSA) is 58.4 Å². The lowest BCUT2D eigenvalue weighted by Crippen LogP contribution is -2.33. The predicted octanol–water partition coefficient (Wildman–Crippen LogP) is 3.50. The van der Waals surface area contributed by atoms with Gasteiger partial charge in [-0.15, -0.1) is 0 Å². The lowest BCUT2D eigenvalue weighted by Gasteiger charge is -2.29. The number of anilines is 1. The monoisotopic (exact) mass is 279 g/mol. The first kappa shape index (κ1) is 16.4. The van der Waals surface area contributed by atoms with Gasteiger partial charge in [0.25, 0.3) is 5.69 Å². The molecule has 1 aromatic carbocycles. The van der Waals surface area contributed by atoms with Crippen molar-refractivity contribution in [2.75, 3.05) is 18.9 Å². The van der Waals surface area contributed by atoms with E-state index in [0.29, 0.717) is 18.5 Å². The predicted molar refractivity (Wildman–Crippen MR) is 83.0 cm³/mol. The Morgan fingerprint density at radius 1 is 1.30 bits per heavy atom. The SMILES string of the molecule is CNc1ccc([N+](=O)[O-])cc1CN(CC(C)C)C(C)C. The Morgan fingerprint density at radius 3 is 2.40 bits per heavy atom. The Bertz CT molecular complexity index is 458. The molecule has 0 fully saturated rings. The van der Waals surface area contributed by atoms with E-state index >= 15 is 0 Å². The fourth-order valence-electron chi connectivity index (χ4n) is 2.21. The van der Waals surface area contributed by atoms with Crippen molar-refractivity contribution in [1.29, 1.82) is 0 Å². The van der Waals surface area contributed by atoms with Crippen LogP contribution in [0.4, 0.5) is 11.4 Å². The number of benzene rings is 1. The maximum atomic E-state index is 10.9. The average molecular weight is 279 g/mol. The van der Waals surface area contributed by atoms with Crippen LogP contribution in [-0.4, -0.2) is 29.5 Å². The first-order valence-corrected chi connectivity index (χ1v) is 7.04. The largest absolute Gasteiger partial charge is 0.388 e. The molecule has 5 nitrogen and oxygen atoms in total. The van der Waals surface area contributed by atoms with Gasteiger partial charge >= 0.3 is 0 Å². The molecule has 112 valence electrons. The molecule has 0 heterocycles. The summed E-state index contributed by atoms with van der Waals surface area (Å²) in [5, 5.41) is 14.0. The summed E-state index contributed by atoms with van der Waals surface area (Å²) >= 11 is 0. The second kappa shape index (κ2) is 7.24. The molecule has 0 spiro atoms. The van der Waals surface area contributed by atoms with Gasteiger partial charge in [0.05, 0.1) is 4.92 Å². The summed E-state index contributed by atoms with van der Waals surface area (Å²) in [5.74, 6) is 0.564. The van der Waals surface area contributed by atoms with Gasteiger partial charge in [0.1, 0.15) is 0 Å². The van der Waals surface area contributed by atoms with Gasteiger partial charge in [0.2, 0.25) is 0 Å². The lowest BCUT2D eigenvalue weighted by molar-refractivity contribution is -0.384. The summed E-state index contributed by atoms with van der Waals surface area (Å²) in [7, 11) is 1.84. The maximum absolute atomic E-state index is 10.9. The molecule has 0 radical (unpaired) electrons.